The maximum atomic E-state index is 12.5. The predicted octanol–water partition coefficient (Wildman–Crippen LogP) is 0.171. The quantitative estimate of drug-likeness (QED) is 0.551. The van der Waals surface area contributed by atoms with Crippen molar-refractivity contribution < 1.29 is 33.6 Å². The van der Waals surface area contributed by atoms with Crippen molar-refractivity contribution in [2.75, 3.05) is 25.7 Å². The molecule has 132 valence electrons. The molecule has 0 aliphatic rings. The predicted molar refractivity (Wildman–Crippen MR) is 83.6 cm³/mol. The van der Waals surface area contributed by atoms with Crippen molar-refractivity contribution in [3.05, 3.63) is 30.3 Å². The number of rotatable bonds is 9. The van der Waals surface area contributed by atoms with E-state index in [1.54, 1.807) is 6.07 Å². The van der Waals surface area contributed by atoms with E-state index in [2.05, 4.69) is 8.37 Å². The summed E-state index contributed by atoms with van der Waals surface area (Å²) in [5.74, 6) is 0. The van der Waals surface area contributed by atoms with E-state index in [4.69, 9.17) is 0 Å². The number of benzene rings is 1. The molecule has 1 rings (SSSR count). The monoisotopic (exact) mass is 386 g/mol. The number of sulfone groups is 1. The molecule has 0 unspecified atom stereocenters. The summed E-state index contributed by atoms with van der Waals surface area (Å²) in [6.45, 7) is -1.02. The van der Waals surface area contributed by atoms with Crippen LogP contribution in [0.25, 0.3) is 0 Å². The Bertz CT molecular complexity index is 810. The summed E-state index contributed by atoms with van der Waals surface area (Å²) >= 11 is 0. The summed E-state index contributed by atoms with van der Waals surface area (Å²) < 4.78 is 78.2. The topological polar surface area (TPSA) is 121 Å². The molecule has 0 spiro atoms. The molecule has 23 heavy (non-hydrogen) atoms. The second-order valence-electron chi connectivity index (χ2n) is 4.78. The molecule has 1 aromatic carbocycles. The van der Waals surface area contributed by atoms with Gasteiger partial charge >= 0.3 is 0 Å². The van der Waals surface area contributed by atoms with Crippen LogP contribution < -0.4 is 0 Å². The molecule has 0 fully saturated rings. The lowest BCUT2D eigenvalue weighted by Crippen LogP contribution is -2.29. The van der Waals surface area contributed by atoms with Gasteiger partial charge in [-0.15, -0.1) is 0 Å². The Labute approximate surface area is 136 Å². The first kappa shape index (κ1) is 20.0. The third-order valence-corrected chi connectivity index (χ3v) is 6.05. The summed E-state index contributed by atoms with van der Waals surface area (Å²) in [7, 11) is -11.5. The number of hydrogen-bond donors (Lipinski definition) is 0. The van der Waals surface area contributed by atoms with E-state index in [9.17, 15) is 25.3 Å². The van der Waals surface area contributed by atoms with Gasteiger partial charge in [0.15, 0.2) is 9.84 Å². The van der Waals surface area contributed by atoms with Crippen LogP contribution in [0.2, 0.25) is 0 Å². The van der Waals surface area contributed by atoms with Gasteiger partial charge in [0.05, 0.1) is 35.9 Å². The zero-order valence-corrected chi connectivity index (χ0v) is 15.0. The molecule has 0 aromatic heterocycles. The largest absolute Gasteiger partial charge is 0.270 e. The molecular formula is C12H18O8S3. The summed E-state index contributed by atoms with van der Waals surface area (Å²) in [4.78, 5) is -0.0125. The summed E-state index contributed by atoms with van der Waals surface area (Å²) in [6.07, 6.45) is 1.40. The van der Waals surface area contributed by atoms with Crippen LogP contribution in [0, 0.1) is 0 Å². The first-order chi connectivity index (χ1) is 10.4. The third kappa shape index (κ3) is 7.40. The van der Waals surface area contributed by atoms with Crippen molar-refractivity contribution in [2.24, 2.45) is 0 Å². The minimum absolute atomic E-state index is 0.0125. The Morgan fingerprint density at radius 1 is 0.870 bits per heavy atom. The highest BCUT2D eigenvalue weighted by atomic mass is 32.2. The minimum atomic E-state index is -3.91. The van der Waals surface area contributed by atoms with Crippen molar-refractivity contribution in [3.63, 3.8) is 0 Å². The summed E-state index contributed by atoms with van der Waals surface area (Å²) in [5, 5.41) is -1.26. The Kier molecular flexibility index (Phi) is 6.71. The molecule has 1 aromatic rings. The van der Waals surface area contributed by atoms with Crippen LogP contribution in [0.5, 0.6) is 0 Å². The fourth-order valence-electron chi connectivity index (χ4n) is 1.66. The molecule has 0 bridgehead atoms. The molecule has 0 aliphatic heterocycles. The van der Waals surface area contributed by atoms with Gasteiger partial charge in [0.2, 0.25) is 0 Å². The fourth-order valence-corrected chi connectivity index (χ4v) is 4.13. The van der Waals surface area contributed by atoms with Crippen molar-refractivity contribution in [3.8, 4) is 0 Å². The lowest BCUT2D eigenvalue weighted by Gasteiger charge is -2.17. The standard InChI is InChI=1S/C12H18O8S3/c1-21(13,14)19-9-8-12(10-20-22(2,15)16)23(17,18)11-6-4-3-5-7-11/h3-7,12H,8-10H2,1-2H3/t12-/m0/s1. The minimum Gasteiger partial charge on any atom is -0.270 e. The van der Waals surface area contributed by atoms with Crippen molar-refractivity contribution in [1.29, 1.82) is 0 Å². The maximum absolute atomic E-state index is 12.5. The normalized spacial score (nSPS) is 14.5. The Hall–Kier alpha value is -1.01. The van der Waals surface area contributed by atoms with Gasteiger partial charge in [0.25, 0.3) is 20.2 Å². The molecule has 8 nitrogen and oxygen atoms in total. The van der Waals surface area contributed by atoms with E-state index in [0.717, 1.165) is 12.5 Å². The highest BCUT2D eigenvalue weighted by molar-refractivity contribution is 7.92. The molecular weight excluding hydrogens is 368 g/mol. The van der Waals surface area contributed by atoms with Gasteiger partial charge in [-0.2, -0.15) is 16.8 Å². The van der Waals surface area contributed by atoms with E-state index in [-0.39, 0.29) is 11.3 Å². The van der Waals surface area contributed by atoms with E-state index < -0.39 is 48.5 Å². The van der Waals surface area contributed by atoms with E-state index >= 15 is 0 Å². The zero-order chi connectivity index (χ0) is 17.7. The van der Waals surface area contributed by atoms with E-state index in [1.165, 1.54) is 24.3 Å². The van der Waals surface area contributed by atoms with Crippen LogP contribution in [-0.4, -0.2) is 56.2 Å². The van der Waals surface area contributed by atoms with Crippen LogP contribution in [0.4, 0.5) is 0 Å². The van der Waals surface area contributed by atoms with Gasteiger partial charge in [0, 0.05) is 0 Å². The average molecular weight is 386 g/mol. The molecule has 0 saturated heterocycles. The molecule has 0 amide bonds. The van der Waals surface area contributed by atoms with Crippen molar-refractivity contribution in [2.45, 2.75) is 16.6 Å². The van der Waals surface area contributed by atoms with Crippen LogP contribution in [0.1, 0.15) is 6.42 Å². The number of hydrogen-bond acceptors (Lipinski definition) is 8. The molecule has 0 heterocycles. The molecule has 11 heteroatoms. The first-order valence-corrected chi connectivity index (χ1v) is 11.6. The van der Waals surface area contributed by atoms with Gasteiger partial charge in [-0.05, 0) is 18.6 Å². The highest BCUT2D eigenvalue weighted by Gasteiger charge is 2.29. The molecule has 0 radical (unpaired) electrons. The third-order valence-electron chi connectivity index (χ3n) is 2.72. The average Bonchev–Trinajstić information content (AvgIpc) is 2.41. The Morgan fingerprint density at radius 3 is 1.87 bits per heavy atom. The fraction of sp³-hybridized carbons (Fsp3) is 0.500. The smallest absolute Gasteiger partial charge is 0.264 e. The van der Waals surface area contributed by atoms with Gasteiger partial charge in [-0.3, -0.25) is 8.37 Å². The second kappa shape index (κ2) is 7.71. The zero-order valence-electron chi connectivity index (χ0n) is 12.6. The maximum Gasteiger partial charge on any atom is 0.264 e. The summed E-state index contributed by atoms with van der Waals surface area (Å²) in [5.41, 5.74) is 0. The molecule has 1 atom stereocenters. The van der Waals surface area contributed by atoms with Gasteiger partial charge in [-0.1, -0.05) is 18.2 Å². The van der Waals surface area contributed by atoms with Crippen molar-refractivity contribution >= 4 is 30.1 Å². The van der Waals surface area contributed by atoms with E-state index in [0.29, 0.717) is 0 Å². The molecule has 0 saturated carbocycles. The lowest BCUT2D eigenvalue weighted by molar-refractivity contribution is 0.274. The lowest BCUT2D eigenvalue weighted by atomic mass is 10.3. The second-order valence-corrected chi connectivity index (χ2v) is 10.3. The Balaban J connectivity index is 2.98. The van der Waals surface area contributed by atoms with E-state index in [1.807, 2.05) is 0 Å². The van der Waals surface area contributed by atoms with Gasteiger partial charge in [0.1, 0.15) is 0 Å². The first-order valence-electron chi connectivity index (χ1n) is 6.39. The molecule has 0 N–H and O–H groups in total. The van der Waals surface area contributed by atoms with Gasteiger partial charge in [-0.25, -0.2) is 8.42 Å². The van der Waals surface area contributed by atoms with Crippen molar-refractivity contribution in [1.82, 2.24) is 0 Å². The van der Waals surface area contributed by atoms with Gasteiger partial charge < -0.3 is 0 Å². The highest BCUT2D eigenvalue weighted by Crippen LogP contribution is 2.19. The molecule has 0 aliphatic carbocycles. The Morgan fingerprint density at radius 2 is 1.39 bits per heavy atom. The summed E-state index contributed by atoms with van der Waals surface area (Å²) in [6, 6.07) is 7.40. The van der Waals surface area contributed by atoms with Crippen LogP contribution in [0.3, 0.4) is 0 Å². The SMILES string of the molecule is CS(=O)(=O)OCC[C@@H](COS(C)(=O)=O)S(=O)(=O)c1ccccc1. The van der Waals surface area contributed by atoms with Crippen LogP contribution in [-0.2, 0) is 38.4 Å². The van der Waals surface area contributed by atoms with Crippen LogP contribution in [0.15, 0.2) is 35.2 Å². The van der Waals surface area contributed by atoms with Crippen LogP contribution >= 0.6 is 0 Å².